The lowest BCUT2D eigenvalue weighted by molar-refractivity contribution is 0.432. The fourth-order valence-electron chi connectivity index (χ4n) is 3.79. The summed E-state index contributed by atoms with van der Waals surface area (Å²) in [5.74, 6) is 0. The predicted octanol–water partition coefficient (Wildman–Crippen LogP) is 3.99. The quantitative estimate of drug-likeness (QED) is 0.271. The molecule has 0 atom stereocenters. The highest BCUT2D eigenvalue weighted by Crippen LogP contribution is 2.26. The fraction of sp³-hybridized carbons (Fsp3) is 0.143. The molecular weight excluding hydrogens is 471 g/mol. The summed E-state index contributed by atoms with van der Waals surface area (Å²) in [4.78, 5) is 0. The average molecular weight is 502 g/mol. The van der Waals surface area contributed by atoms with Crippen molar-refractivity contribution < 1.29 is 13.0 Å². The first-order valence-corrected chi connectivity index (χ1v) is 15.8. The Morgan fingerprint density at radius 1 is 0.441 bits per heavy atom. The van der Waals surface area contributed by atoms with E-state index >= 15 is 0 Å². The van der Waals surface area contributed by atoms with Crippen molar-refractivity contribution in [3.63, 3.8) is 0 Å². The van der Waals surface area contributed by atoms with Gasteiger partial charge in [0.25, 0.3) is 0 Å². The zero-order valence-corrected chi connectivity index (χ0v) is 23.3. The van der Waals surface area contributed by atoms with Gasteiger partial charge in [0.05, 0.1) is 0 Å². The van der Waals surface area contributed by atoms with Crippen LogP contribution in [-0.4, -0.2) is 18.1 Å². The van der Waals surface area contributed by atoms with Crippen LogP contribution < -0.4 is 20.7 Å². The second-order valence-corrected chi connectivity index (χ2v) is 15.2. The fourth-order valence-corrected chi connectivity index (χ4v) is 10.7. The van der Waals surface area contributed by atoms with Crippen molar-refractivity contribution in [3.8, 4) is 0 Å². The molecule has 0 aromatic heterocycles. The molecule has 0 saturated carbocycles. The van der Waals surface area contributed by atoms with Crippen molar-refractivity contribution >= 4 is 47.1 Å². The molecule has 3 nitrogen and oxygen atoms in total. The summed E-state index contributed by atoms with van der Waals surface area (Å²) in [5, 5.41) is 4.35. The molecule has 0 N–H and O–H groups in total. The minimum atomic E-state index is -2.31. The van der Waals surface area contributed by atoms with Gasteiger partial charge in [-0.3, -0.25) is 0 Å². The SMILES string of the molecule is Cc1ccc([SiH](O[P+](=O)O[SiH](c2ccc(C)cc2)c2ccc(C)cc2)c2ccc(C)cc2)cc1. The highest BCUT2D eigenvalue weighted by Gasteiger charge is 2.36. The molecule has 0 radical (unpaired) electrons. The van der Waals surface area contributed by atoms with Crippen LogP contribution in [0.25, 0.3) is 0 Å². The first-order chi connectivity index (χ1) is 16.4. The molecule has 0 unspecified atom stereocenters. The van der Waals surface area contributed by atoms with Crippen molar-refractivity contribution in [1.82, 2.24) is 0 Å². The summed E-state index contributed by atoms with van der Waals surface area (Å²) in [6.07, 6.45) is 0. The molecule has 0 aliphatic rings. The largest absolute Gasteiger partial charge is 0.674 e. The summed E-state index contributed by atoms with van der Waals surface area (Å²) in [5.41, 5.74) is 4.75. The zero-order chi connectivity index (χ0) is 24.1. The molecule has 0 fully saturated rings. The van der Waals surface area contributed by atoms with E-state index < -0.39 is 26.3 Å². The molecule has 4 aromatic rings. The van der Waals surface area contributed by atoms with Crippen molar-refractivity contribution in [3.05, 3.63) is 119 Å². The van der Waals surface area contributed by atoms with Gasteiger partial charge in [0.15, 0.2) is 0 Å². The molecule has 4 aromatic carbocycles. The minimum Gasteiger partial charge on any atom is -0.169 e. The number of hydrogen-bond acceptors (Lipinski definition) is 3. The number of rotatable bonds is 8. The number of hydrogen-bond donors (Lipinski definition) is 0. The van der Waals surface area contributed by atoms with Crippen LogP contribution in [0.15, 0.2) is 97.1 Å². The smallest absolute Gasteiger partial charge is 0.169 e. The molecular formula is C28H30O3PSi2+. The zero-order valence-electron chi connectivity index (χ0n) is 20.1. The maximum atomic E-state index is 13.4. The monoisotopic (exact) mass is 501 g/mol. The van der Waals surface area contributed by atoms with Crippen LogP contribution in [0, 0.1) is 27.7 Å². The lowest BCUT2D eigenvalue weighted by atomic mass is 10.2. The lowest BCUT2D eigenvalue weighted by Gasteiger charge is -2.13. The van der Waals surface area contributed by atoms with Crippen molar-refractivity contribution in [2.45, 2.75) is 27.7 Å². The van der Waals surface area contributed by atoms with Gasteiger partial charge in [-0.25, -0.2) is 0 Å². The van der Waals surface area contributed by atoms with Gasteiger partial charge < -0.3 is 0 Å². The van der Waals surface area contributed by atoms with Gasteiger partial charge in [-0.05, 0) is 48.4 Å². The normalized spacial score (nSPS) is 11.2. The number of benzene rings is 4. The van der Waals surface area contributed by atoms with E-state index in [1.165, 1.54) is 22.3 Å². The van der Waals surface area contributed by atoms with Crippen LogP contribution in [0.1, 0.15) is 22.3 Å². The Morgan fingerprint density at radius 3 is 0.853 bits per heavy atom. The molecule has 0 aliphatic carbocycles. The second kappa shape index (κ2) is 11.2. The first-order valence-electron chi connectivity index (χ1n) is 11.5. The first kappa shape index (κ1) is 24.5. The predicted molar refractivity (Wildman–Crippen MR) is 147 cm³/mol. The van der Waals surface area contributed by atoms with E-state index in [0.29, 0.717) is 0 Å². The van der Waals surface area contributed by atoms with E-state index in [1.807, 2.05) is 0 Å². The van der Waals surface area contributed by atoms with E-state index in [4.69, 9.17) is 8.43 Å². The Balaban J connectivity index is 1.63. The Hall–Kier alpha value is -2.67. The van der Waals surface area contributed by atoms with Crippen LogP contribution in [0.5, 0.6) is 0 Å². The van der Waals surface area contributed by atoms with Gasteiger partial charge in [-0.1, -0.05) is 119 Å². The van der Waals surface area contributed by atoms with Gasteiger partial charge in [-0.15, -0.1) is 0 Å². The van der Waals surface area contributed by atoms with E-state index in [1.54, 1.807) is 0 Å². The maximum absolute atomic E-state index is 13.4. The molecule has 172 valence electrons. The maximum Gasteiger partial charge on any atom is 0.674 e. The van der Waals surface area contributed by atoms with Crippen LogP contribution in [0.2, 0.25) is 0 Å². The van der Waals surface area contributed by atoms with E-state index in [2.05, 4.69) is 125 Å². The van der Waals surface area contributed by atoms with E-state index in [0.717, 1.165) is 20.7 Å². The van der Waals surface area contributed by atoms with E-state index in [9.17, 15) is 4.57 Å². The minimum absolute atomic E-state index is 1.09. The Kier molecular flexibility index (Phi) is 8.04. The van der Waals surface area contributed by atoms with Gasteiger partial charge in [0.2, 0.25) is 0 Å². The van der Waals surface area contributed by atoms with Gasteiger partial charge in [0, 0.05) is 4.57 Å². The summed E-state index contributed by atoms with van der Waals surface area (Å²) in [7, 11) is -6.71. The lowest BCUT2D eigenvalue weighted by Crippen LogP contribution is -2.46. The van der Waals surface area contributed by atoms with Gasteiger partial charge in [0.1, 0.15) is 0 Å². The topological polar surface area (TPSA) is 35.5 Å². The standard InChI is InChI=1S/C28H30O3PSi2/c1-21-5-13-25(14-6-21)33(26-15-7-22(2)8-16-26)30-32(29)31-34(27-17-9-23(3)10-18-27)28-19-11-24(4)12-20-28/h5-20,33-34H,1-4H3/q+1. The summed E-state index contributed by atoms with van der Waals surface area (Å²) in [6.45, 7) is 8.26. The van der Waals surface area contributed by atoms with Crippen molar-refractivity contribution in [2.75, 3.05) is 0 Å². The third-order valence-corrected chi connectivity index (χ3v) is 12.9. The summed E-state index contributed by atoms with van der Waals surface area (Å²) < 4.78 is 26.0. The molecule has 0 spiro atoms. The van der Waals surface area contributed by atoms with Crippen LogP contribution in [0.3, 0.4) is 0 Å². The number of aryl methyl sites for hydroxylation is 4. The Morgan fingerprint density at radius 2 is 0.647 bits per heavy atom. The second-order valence-electron chi connectivity index (χ2n) is 8.84. The molecule has 34 heavy (non-hydrogen) atoms. The molecule has 0 bridgehead atoms. The highest BCUT2D eigenvalue weighted by molar-refractivity contribution is 7.38. The Labute approximate surface area is 206 Å². The summed E-state index contributed by atoms with van der Waals surface area (Å²) >= 11 is 0. The summed E-state index contributed by atoms with van der Waals surface area (Å²) in [6, 6.07) is 33.3. The van der Waals surface area contributed by atoms with E-state index in [-0.39, 0.29) is 0 Å². The molecule has 0 aliphatic heterocycles. The highest BCUT2D eigenvalue weighted by atomic mass is 31.1. The molecule has 0 amide bonds. The third-order valence-electron chi connectivity index (χ3n) is 5.90. The van der Waals surface area contributed by atoms with Crippen LogP contribution >= 0.6 is 8.25 Å². The Bertz CT molecular complexity index is 1050. The van der Waals surface area contributed by atoms with Gasteiger partial charge >= 0.3 is 26.3 Å². The van der Waals surface area contributed by atoms with Crippen LogP contribution in [-0.2, 0) is 13.0 Å². The molecule has 4 rings (SSSR count). The molecule has 6 heteroatoms. The molecule has 0 saturated heterocycles. The van der Waals surface area contributed by atoms with Gasteiger partial charge in [-0.2, -0.15) is 8.43 Å². The third kappa shape index (κ3) is 6.26. The van der Waals surface area contributed by atoms with Crippen molar-refractivity contribution in [1.29, 1.82) is 0 Å². The average Bonchev–Trinajstić information content (AvgIpc) is 2.84. The van der Waals surface area contributed by atoms with Crippen molar-refractivity contribution in [2.24, 2.45) is 0 Å². The molecule has 0 heterocycles. The van der Waals surface area contributed by atoms with Crippen LogP contribution in [0.4, 0.5) is 0 Å².